The van der Waals surface area contributed by atoms with Crippen LogP contribution in [0.3, 0.4) is 0 Å². The zero-order valence-corrected chi connectivity index (χ0v) is 28.6. The minimum Gasteiger partial charge on any atom is -0.493 e. The lowest BCUT2D eigenvalue weighted by molar-refractivity contribution is -0.139. The van der Waals surface area contributed by atoms with E-state index in [1.165, 1.54) is 7.11 Å². The van der Waals surface area contributed by atoms with Gasteiger partial charge in [0.05, 0.1) is 19.7 Å². The topological polar surface area (TPSA) is 134 Å². The molecule has 1 aromatic heterocycles. The van der Waals surface area contributed by atoms with Gasteiger partial charge in [-0.25, -0.2) is 4.98 Å². The molecule has 0 radical (unpaired) electrons. The Morgan fingerprint density at radius 1 is 1.00 bits per heavy atom. The molecule has 2 aromatic carbocycles. The first-order valence-corrected chi connectivity index (χ1v) is 17.2. The molecule has 2 atom stereocenters. The van der Waals surface area contributed by atoms with Crippen molar-refractivity contribution in [2.24, 2.45) is 5.92 Å². The number of aromatic nitrogens is 2. The minimum absolute atomic E-state index is 0.0212. The normalized spacial score (nSPS) is 17.1. The third kappa shape index (κ3) is 7.89. The maximum Gasteiger partial charge on any atom is 0.248 e. The molecule has 2 fully saturated rings. The van der Waals surface area contributed by atoms with E-state index in [4.69, 9.17) is 19.4 Å². The van der Waals surface area contributed by atoms with Gasteiger partial charge < -0.3 is 29.5 Å². The standard InChI is InChI=1S/C35H42N6O6S/c1-5-6-14-30(42)39-16-18-40(19-17-39)35-36-26-21-29(47-4)28(46-3)20-25(26)31(38-35)37-32(43)27-13-10-15-41(27)33(44)23(2)22-48-34(45)24-11-8-7-9-12-24/h6-9,11-12,14,20-21,23,27H,5,10,13,15-19,22H2,1-4H3,(H,36,37,38,43)/b14-6+. The molecule has 12 nitrogen and oxygen atoms in total. The van der Waals surface area contributed by atoms with E-state index in [0.717, 1.165) is 18.2 Å². The highest BCUT2D eigenvalue weighted by Crippen LogP contribution is 2.35. The Kier molecular flexibility index (Phi) is 11.5. The fraction of sp³-hybridized carbons (Fsp3) is 0.429. The molecule has 13 heteroatoms. The van der Waals surface area contributed by atoms with Gasteiger partial charge in [0.1, 0.15) is 11.9 Å². The predicted octanol–water partition coefficient (Wildman–Crippen LogP) is 4.40. The zero-order chi connectivity index (χ0) is 34.2. The summed E-state index contributed by atoms with van der Waals surface area (Å²) in [7, 11) is 3.07. The molecule has 3 aromatic rings. The number of ether oxygens (including phenoxy) is 2. The van der Waals surface area contributed by atoms with Gasteiger partial charge in [0, 0.05) is 61.4 Å². The summed E-state index contributed by atoms with van der Waals surface area (Å²) in [6.07, 6.45) is 5.44. The summed E-state index contributed by atoms with van der Waals surface area (Å²) >= 11 is 1.11. The third-order valence-corrected chi connectivity index (χ3v) is 9.70. The van der Waals surface area contributed by atoms with Crippen molar-refractivity contribution in [3.05, 3.63) is 60.2 Å². The molecule has 3 amide bonds. The van der Waals surface area contributed by atoms with Crippen molar-refractivity contribution < 1.29 is 28.7 Å². The summed E-state index contributed by atoms with van der Waals surface area (Å²) in [6, 6.07) is 11.8. The van der Waals surface area contributed by atoms with Crippen LogP contribution in [0.1, 0.15) is 43.5 Å². The van der Waals surface area contributed by atoms with E-state index in [2.05, 4.69) is 5.32 Å². The lowest BCUT2D eigenvalue weighted by Crippen LogP contribution is -2.49. The molecule has 0 spiro atoms. The van der Waals surface area contributed by atoms with Gasteiger partial charge >= 0.3 is 0 Å². The van der Waals surface area contributed by atoms with Gasteiger partial charge in [-0.15, -0.1) is 0 Å². The minimum atomic E-state index is -0.686. The Labute approximate surface area is 284 Å². The maximum absolute atomic E-state index is 13.9. The number of nitrogens with zero attached hydrogens (tertiary/aromatic N) is 5. The van der Waals surface area contributed by atoms with E-state index in [9.17, 15) is 19.2 Å². The van der Waals surface area contributed by atoms with Crippen LogP contribution in [0.15, 0.2) is 54.6 Å². The van der Waals surface area contributed by atoms with Crippen LogP contribution in [0.2, 0.25) is 0 Å². The molecular formula is C35H42N6O6S. The number of carbonyl (C=O) groups excluding carboxylic acids is 4. The number of thioether (sulfide) groups is 1. The summed E-state index contributed by atoms with van der Waals surface area (Å²) in [5.41, 5.74) is 1.14. The average Bonchev–Trinajstić information content (AvgIpc) is 3.62. The van der Waals surface area contributed by atoms with Crippen molar-refractivity contribution in [1.82, 2.24) is 19.8 Å². The van der Waals surface area contributed by atoms with Crippen molar-refractivity contribution in [2.45, 2.75) is 39.2 Å². The molecule has 1 N–H and O–H groups in total. The Morgan fingerprint density at radius 2 is 1.71 bits per heavy atom. The highest BCUT2D eigenvalue weighted by atomic mass is 32.2. The van der Waals surface area contributed by atoms with E-state index in [1.807, 2.05) is 36.1 Å². The highest BCUT2D eigenvalue weighted by Gasteiger charge is 2.36. The summed E-state index contributed by atoms with van der Waals surface area (Å²) in [4.78, 5) is 67.5. The molecule has 0 aliphatic carbocycles. The van der Waals surface area contributed by atoms with Crippen LogP contribution in [-0.2, 0) is 14.4 Å². The number of nitrogens with one attached hydrogen (secondary N) is 1. The second-order valence-corrected chi connectivity index (χ2v) is 12.8. The summed E-state index contributed by atoms with van der Waals surface area (Å²) in [5.74, 6) is 0.965. The van der Waals surface area contributed by atoms with Crippen LogP contribution in [-0.4, -0.2) is 101 Å². The van der Waals surface area contributed by atoms with Crippen LogP contribution in [0.4, 0.5) is 11.8 Å². The number of rotatable bonds is 11. The van der Waals surface area contributed by atoms with Crippen LogP contribution in [0.5, 0.6) is 11.5 Å². The third-order valence-electron chi connectivity index (χ3n) is 8.54. The second kappa shape index (κ2) is 16.0. The Hall–Kier alpha value is -4.65. The number of hydrogen-bond donors (Lipinski definition) is 1. The average molecular weight is 675 g/mol. The van der Waals surface area contributed by atoms with E-state index in [-0.39, 0.29) is 22.8 Å². The number of methoxy groups -OCH3 is 2. The number of piperazine rings is 1. The fourth-order valence-corrected chi connectivity index (χ4v) is 6.69. The van der Waals surface area contributed by atoms with Crippen LogP contribution in [0.25, 0.3) is 10.9 Å². The van der Waals surface area contributed by atoms with Gasteiger partial charge in [0.15, 0.2) is 11.5 Å². The van der Waals surface area contributed by atoms with E-state index in [0.29, 0.717) is 91.0 Å². The monoisotopic (exact) mass is 674 g/mol. The van der Waals surface area contributed by atoms with Gasteiger partial charge in [-0.3, -0.25) is 19.2 Å². The van der Waals surface area contributed by atoms with Crippen molar-refractivity contribution >= 4 is 57.3 Å². The molecule has 254 valence electrons. The van der Waals surface area contributed by atoms with Crippen LogP contribution < -0.4 is 19.7 Å². The maximum atomic E-state index is 13.9. The predicted molar refractivity (Wildman–Crippen MR) is 187 cm³/mol. The number of allylic oxidation sites excluding steroid dienone is 1. The summed E-state index contributed by atoms with van der Waals surface area (Å²) in [5, 5.41) is 3.47. The quantitative estimate of drug-likeness (QED) is 0.292. The van der Waals surface area contributed by atoms with Crippen molar-refractivity contribution in [1.29, 1.82) is 0 Å². The van der Waals surface area contributed by atoms with Gasteiger partial charge in [0.2, 0.25) is 28.8 Å². The van der Waals surface area contributed by atoms with Gasteiger partial charge in [-0.1, -0.05) is 62.0 Å². The number of carbonyl (C=O) groups is 4. The number of amides is 3. The zero-order valence-electron chi connectivity index (χ0n) is 27.8. The molecule has 2 aliphatic heterocycles. The second-order valence-electron chi connectivity index (χ2n) is 11.8. The first-order chi connectivity index (χ1) is 23.2. The van der Waals surface area contributed by atoms with Gasteiger partial charge in [0.25, 0.3) is 0 Å². The number of benzene rings is 2. The largest absolute Gasteiger partial charge is 0.493 e. The smallest absolute Gasteiger partial charge is 0.248 e. The van der Waals surface area contributed by atoms with Crippen LogP contribution in [0, 0.1) is 5.92 Å². The fourth-order valence-electron chi connectivity index (χ4n) is 5.85. The first-order valence-electron chi connectivity index (χ1n) is 16.2. The molecule has 2 saturated heterocycles. The summed E-state index contributed by atoms with van der Waals surface area (Å²) in [6.45, 7) is 6.28. The molecule has 3 heterocycles. The molecule has 0 bridgehead atoms. The van der Waals surface area contributed by atoms with Crippen LogP contribution >= 0.6 is 11.8 Å². The Bertz CT molecular complexity index is 1680. The number of hydrogen-bond acceptors (Lipinski definition) is 10. The van der Waals surface area contributed by atoms with E-state index in [1.54, 1.807) is 54.2 Å². The van der Waals surface area contributed by atoms with Crippen molar-refractivity contribution in [2.75, 3.05) is 62.9 Å². The molecular weight excluding hydrogens is 632 g/mol. The Balaban J connectivity index is 1.34. The summed E-state index contributed by atoms with van der Waals surface area (Å²) < 4.78 is 11.1. The van der Waals surface area contributed by atoms with Crippen molar-refractivity contribution in [3.8, 4) is 11.5 Å². The Morgan fingerprint density at radius 3 is 2.40 bits per heavy atom. The molecule has 0 saturated carbocycles. The van der Waals surface area contributed by atoms with Crippen molar-refractivity contribution in [3.63, 3.8) is 0 Å². The number of likely N-dealkylation sites (tertiary alicyclic amines) is 1. The highest BCUT2D eigenvalue weighted by molar-refractivity contribution is 8.14. The van der Waals surface area contributed by atoms with E-state index >= 15 is 0 Å². The lowest BCUT2D eigenvalue weighted by atomic mass is 10.1. The number of fused-ring (bicyclic) bond motifs is 1. The van der Waals surface area contributed by atoms with E-state index < -0.39 is 12.0 Å². The SMILES string of the molecule is CC/C=C/C(=O)N1CCN(c2nc(NC(=O)C3CCCN3C(=O)C(C)CSC(=O)c3ccccc3)c3cc(OC)c(OC)cc3n2)CC1. The van der Waals surface area contributed by atoms with Gasteiger partial charge in [-0.05, 0) is 31.4 Å². The van der Waals surface area contributed by atoms with Gasteiger partial charge in [-0.2, -0.15) is 4.98 Å². The molecule has 48 heavy (non-hydrogen) atoms. The molecule has 5 rings (SSSR count). The molecule has 2 aliphatic rings. The number of anilines is 2. The lowest BCUT2D eigenvalue weighted by Gasteiger charge is -2.34. The first kappa shape index (κ1) is 34.7. The molecule has 2 unspecified atom stereocenters.